The third-order valence-corrected chi connectivity index (χ3v) is 4.06. The van der Waals surface area contributed by atoms with E-state index in [9.17, 15) is 0 Å². The normalized spacial score (nSPS) is 17.8. The van der Waals surface area contributed by atoms with Crippen molar-refractivity contribution < 1.29 is 4.74 Å². The Kier molecular flexibility index (Phi) is 4.55. The first-order valence-corrected chi connectivity index (χ1v) is 7.50. The smallest absolute Gasteiger partial charge is 0.152 e. The number of benzene rings is 1. The summed E-state index contributed by atoms with van der Waals surface area (Å²) in [6.07, 6.45) is 0. The van der Waals surface area contributed by atoms with Crippen LogP contribution in [0.5, 0.6) is 0 Å². The Bertz CT molecular complexity index is 581. The van der Waals surface area contributed by atoms with Crippen LogP contribution in [0.15, 0.2) is 30.3 Å². The molecule has 3 rings (SSSR count). The van der Waals surface area contributed by atoms with Crippen molar-refractivity contribution in [2.24, 2.45) is 5.73 Å². The van der Waals surface area contributed by atoms with Crippen molar-refractivity contribution in [3.05, 3.63) is 41.2 Å². The van der Waals surface area contributed by atoms with Gasteiger partial charge in [-0.25, -0.2) is 4.98 Å². The number of rotatable bonds is 4. The molecule has 0 amide bonds. The number of hydrogen-bond acceptors (Lipinski definition) is 4. The maximum absolute atomic E-state index is 6.33. The summed E-state index contributed by atoms with van der Waals surface area (Å²) in [5.74, 6) is 0.780. The van der Waals surface area contributed by atoms with Gasteiger partial charge in [-0.3, -0.25) is 4.90 Å². The zero-order chi connectivity index (χ0) is 14.7. The van der Waals surface area contributed by atoms with E-state index in [0.717, 1.165) is 43.4 Å². The van der Waals surface area contributed by atoms with E-state index in [1.165, 1.54) is 0 Å². The fourth-order valence-corrected chi connectivity index (χ4v) is 2.92. The van der Waals surface area contributed by atoms with Crippen molar-refractivity contribution in [1.29, 1.82) is 0 Å². The van der Waals surface area contributed by atoms with Crippen LogP contribution in [0, 0.1) is 0 Å². The topological polar surface area (TPSA) is 67.2 Å². The first-order valence-electron chi connectivity index (χ1n) is 7.12. The number of morpholine rings is 1. The Morgan fingerprint density at radius 2 is 2.00 bits per heavy atom. The van der Waals surface area contributed by atoms with Crippen LogP contribution in [0.2, 0.25) is 5.15 Å². The lowest BCUT2D eigenvalue weighted by molar-refractivity contribution is 0.0172. The third kappa shape index (κ3) is 3.11. The highest BCUT2D eigenvalue weighted by atomic mass is 35.5. The number of ether oxygens (including phenoxy) is 1. The molecule has 0 radical (unpaired) electrons. The summed E-state index contributed by atoms with van der Waals surface area (Å²) in [6.45, 7) is 3.67. The number of nitrogens with one attached hydrogen (secondary N) is 1. The molecule has 1 atom stereocenters. The Morgan fingerprint density at radius 3 is 2.67 bits per heavy atom. The predicted octanol–water partition coefficient (Wildman–Crippen LogP) is 2.06. The van der Waals surface area contributed by atoms with Crippen LogP contribution in [0.4, 0.5) is 0 Å². The van der Waals surface area contributed by atoms with Gasteiger partial charge in [0.15, 0.2) is 5.15 Å². The average Bonchev–Trinajstić information content (AvgIpc) is 2.92. The maximum Gasteiger partial charge on any atom is 0.152 e. The minimum atomic E-state index is 0.0476. The molecule has 0 aliphatic carbocycles. The molecule has 5 nitrogen and oxygen atoms in total. The van der Waals surface area contributed by atoms with E-state index in [1.54, 1.807) is 0 Å². The number of nitrogens with zero attached hydrogens (tertiary/aromatic N) is 2. The van der Waals surface area contributed by atoms with Crippen molar-refractivity contribution in [2.75, 3.05) is 32.8 Å². The molecule has 1 aromatic carbocycles. The summed E-state index contributed by atoms with van der Waals surface area (Å²) in [5, 5.41) is 0.496. The third-order valence-electron chi connectivity index (χ3n) is 3.78. The predicted molar refractivity (Wildman–Crippen MR) is 83.2 cm³/mol. The van der Waals surface area contributed by atoms with E-state index in [-0.39, 0.29) is 6.04 Å². The molecule has 1 aromatic heterocycles. The van der Waals surface area contributed by atoms with Gasteiger partial charge in [0.25, 0.3) is 0 Å². The maximum atomic E-state index is 6.33. The molecule has 2 aromatic rings. The van der Waals surface area contributed by atoms with Gasteiger partial charge in [0.2, 0.25) is 0 Å². The summed E-state index contributed by atoms with van der Waals surface area (Å²) >= 11 is 6.33. The van der Waals surface area contributed by atoms with Gasteiger partial charge in [-0.05, 0) is 0 Å². The molecule has 3 N–H and O–H groups in total. The molecule has 1 fully saturated rings. The number of H-pyrrole nitrogens is 1. The molecule has 21 heavy (non-hydrogen) atoms. The fraction of sp³-hybridized carbons (Fsp3) is 0.400. The Balaban J connectivity index is 1.88. The van der Waals surface area contributed by atoms with Crippen molar-refractivity contribution in [3.8, 4) is 11.4 Å². The van der Waals surface area contributed by atoms with Gasteiger partial charge in [0.1, 0.15) is 5.82 Å². The van der Waals surface area contributed by atoms with Crippen LogP contribution in [0.1, 0.15) is 11.7 Å². The number of hydrogen-bond donors (Lipinski definition) is 2. The number of nitrogens with two attached hydrogens (primary N) is 1. The molecular formula is C15H19ClN4O. The van der Waals surface area contributed by atoms with Crippen LogP contribution < -0.4 is 5.73 Å². The lowest BCUT2D eigenvalue weighted by Crippen LogP contribution is -2.42. The summed E-state index contributed by atoms with van der Waals surface area (Å²) in [6, 6.07) is 10.00. The first kappa shape index (κ1) is 14.5. The second-order valence-electron chi connectivity index (χ2n) is 5.06. The Morgan fingerprint density at radius 1 is 1.29 bits per heavy atom. The van der Waals surface area contributed by atoms with Gasteiger partial charge in [-0.15, -0.1) is 0 Å². The molecule has 0 saturated carbocycles. The van der Waals surface area contributed by atoms with Crippen LogP contribution in [-0.2, 0) is 4.74 Å². The van der Waals surface area contributed by atoms with Crippen molar-refractivity contribution in [2.45, 2.75) is 6.04 Å². The number of halogens is 1. The number of aromatic nitrogens is 2. The largest absolute Gasteiger partial charge is 0.379 e. The quantitative estimate of drug-likeness (QED) is 0.907. The second-order valence-corrected chi connectivity index (χ2v) is 5.41. The van der Waals surface area contributed by atoms with E-state index < -0.39 is 0 Å². The van der Waals surface area contributed by atoms with Gasteiger partial charge < -0.3 is 15.5 Å². The second kappa shape index (κ2) is 6.58. The van der Waals surface area contributed by atoms with Gasteiger partial charge in [-0.1, -0.05) is 41.9 Å². The molecule has 1 aliphatic heterocycles. The van der Waals surface area contributed by atoms with Crippen LogP contribution in [-0.4, -0.2) is 47.7 Å². The molecule has 0 bridgehead atoms. The van der Waals surface area contributed by atoms with Crippen molar-refractivity contribution >= 4 is 11.6 Å². The van der Waals surface area contributed by atoms with Crippen LogP contribution >= 0.6 is 11.6 Å². The summed E-state index contributed by atoms with van der Waals surface area (Å²) in [7, 11) is 0. The lowest BCUT2D eigenvalue weighted by Gasteiger charge is -2.33. The summed E-state index contributed by atoms with van der Waals surface area (Å²) < 4.78 is 5.39. The minimum absolute atomic E-state index is 0.0476. The molecule has 6 heteroatoms. The lowest BCUT2D eigenvalue weighted by atomic mass is 10.1. The summed E-state index contributed by atoms with van der Waals surface area (Å²) in [5.41, 5.74) is 7.87. The Labute approximate surface area is 129 Å². The molecular weight excluding hydrogens is 288 g/mol. The van der Waals surface area contributed by atoms with Crippen molar-refractivity contribution in [3.63, 3.8) is 0 Å². The van der Waals surface area contributed by atoms with E-state index in [2.05, 4.69) is 14.9 Å². The fourth-order valence-electron chi connectivity index (χ4n) is 2.66. The molecule has 1 aliphatic rings. The van der Waals surface area contributed by atoms with Gasteiger partial charge in [-0.2, -0.15) is 0 Å². The van der Waals surface area contributed by atoms with E-state index in [0.29, 0.717) is 11.7 Å². The van der Waals surface area contributed by atoms with Gasteiger partial charge in [0, 0.05) is 25.2 Å². The monoisotopic (exact) mass is 306 g/mol. The molecule has 112 valence electrons. The molecule has 1 unspecified atom stereocenters. The molecule has 2 heterocycles. The van der Waals surface area contributed by atoms with Gasteiger partial charge >= 0.3 is 0 Å². The zero-order valence-electron chi connectivity index (χ0n) is 11.8. The van der Waals surface area contributed by atoms with E-state index in [1.807, 2.05) is 30.3 Å². The zero-order valence-corrected chi connectivity index (χ0v) is 12.5. The minimum Gasteiger partial charge on any atom is -0.379 e. The highest BCUT2D eigenvalue weighted by molar-refractivity contribution is 6.30. The molecule has 1 saturated heterocycles. The van der Waals surface area contributed by atoms with Crippen LogP contribution in [0.3, 0.4) is 0 Å². The molecule has 0 spiro atoms. The highest BCUT2D eigenvalue weighted by Crippen LogP contribution is 2.28. The highest BCUT2D eigenvalue weighted by Gasteiger charge is 2.25. The SMILES string of the molecule is NCC(c1[nH]c(-c2ccccc2)nc1Cl)N1CCOCC1. The standard InChI is InChI=1S/C15H19ClN4O/c16-14-13(12(10-17)20-6-8-21-9-7-20)18-15(19-14)11-4-2-1-3-5-11/h1-5,12H,6-10,17H2,(H,18,19). The van der Waals surface area contributed by atoms with Crippen LogP contribution in [0.25, 0.3) is 11.4 Å². The number of aromatic amines is 1. The van der Waals surface area contributed by atoms with E-state index in [4.69, 9.17) is 22.1 Å². The average molecular weight is 307 g/mol. The Hall–Kier alpha value is -1.40. The van der Waals surface area contributed by atoms with E-state index >= 15 is 0 Å². The summed E-state index contributed by atoms with van der Waals surface area (Å²) in [4.78, 5) is 10.1. The van der Waals surface area contributed by atoms with Crippen molar-refractivity contribution in [1.82, 2.24) is 14.9 Å². The van der Waals surface area contributed by atoms with Gasteiger partial charge in [0.05, 0.1) is 24.9 Å². The number of imidazole rings is 1. The first-order chi connectivity index (χ1) is 10.3.